The number of amides is 1. The van der Waals surface area contributed by atoms with E-state index in [1.54, 1.807) is 0 Å². The van der Waals surface area contributed by atoms with Gasteiger partial charge in [-0.2, -0.15) is 0 Å². The van der Waals surface area contributed by atoms with Crippen LogP contribution in [0.4, 0.5) is 4.79 Å². The van der Waals surface area contributed by atoms with E-state index in [0.29, 0.717) is 6.54 Å². The summed E-state index contributed by atoms with van der Waals surface area (Å²) in [6, 6.07) is 0. The predicted molar refractivity (Wildman–Crippen MR) is 90.5 cm³/mol. The van der Waals surface area contributed by atoms with Crippen LogP contribution in [0.2, 0.25) is 0 Å². The Labute approximate surface area is 139 Å². The lowest BCUT2D eigenvalue weighted by Gasteiger charge is -2.26. The number of hydrogen-bond donors (Lipinski definition) is 1. The number of hydrogen-bond acceptors (Lipinski definition) is 4. The van der Waals surface area contributed by atoms with E-state index >= 15 is 0 Å². The summed E-state index contributed by atoms with van der Waals surface area (Å²) in [5, 5.41) is 2.80. The van der Waals surface area contributed by atoms with Gasteiger partial charge in [0.05, 0.1) is 6.33 Å². The lowest BCUT2D eigenvalue weighted by atomic mass is 10.1. The monoisotopic (exact) mass is 322 g/mol. The molecule has 0 atom stereocenters. The van der Waals surface area contributed by atoms with Crippen LogP contribution in [0.5, 0.6) is 0 Å². The highest BCUT2D eigenvalue weighted by Crippen LogP contribution is 2.09. The molecule has 1 saturated heterocycles. The van der Waals surface area contributed by atoms with Crippen molar-refractivity contribution >= 4 is 6.09 Å². The van der Waals surface area contributed by atoms with Crippen molar-refractivity contribution in [3.05, 3.63) is 18.2 Å². The number of likely N-dealkylation sites (tertiary alicyclic amines) is 1. The summed E-state index contributed by atoms with van der Waals surface area (Å²) in [6.07, 6.45) is 8.16. The van der Waals surface area contributed by atoms with Gasteiger partial charge in [-0.05, 0) is 46.7 Å². The molecule has 130 valence electrons. The number of imidazole rings is 1. The second kappa shape index (κ2) is 8.34. The molecule has 0 aliphatic carbocycles. The standard InChI is InChI=1S/C17H30N4O2/c1-17(2,3)23-16(22)19-8-7-15-13-18-14-21(15)12-11-20-9-5-4-6-10-20/h13-14H,4-12H2,1-3H3,(H,19,22). The normalized spacial score (nSPS) is 16.3. The number of nitrogens with zero attached hydrogens (tertiary/aromatic N) is 3. The fourth-order valence-electron chi connectivity index (χ4n) is 2.80. The maximum absolute atomic E-state index is 11.6. The number of rotatable bonds is 6. The Kier molecular flexibility index (Phi) is 6.45. The Bertz CT molecular complexity index is 487. The molecule has 1 aromatic rings. The van der Waals surface area contributed by atoms with Gasteiger partial charge in [-0.25, -0.2) is 9.78 Å². The van der Waals surface area contributed by atoms with E-state index < -0.39 is 5.60 Å². The van der Waals surface area contributed by atoms with Crippen molar-refractivity contribution in [1.82, 2.24) is 19.8 Å². The SMILES string of the molecule is CC(C)(C)OC(=O)NCCc1cncn1CCN1CCCCC1. The van der Waals surface area contributed by atoms with E-state index in [1.165, 1.54) is 32.4 Å². The maximum atomic E-state index is 11.6. The second-order valence-corrected chi connectivity index (χ2v) is 7.16. The predicted octanol–water partition coefficient (Wildman–Crippen LogP) is 2.44. The van der Waals surface area contributed by atoms with Crippen molar-refractivity contribution in [3.8, 4) is 0 Å². The van der Waals surface area contributed by atoms with Crippen molar-refractivity contribution in [2.45, 2.75) is 58.6 Å². The molecule has 0 radical (unpaired) electrons. The Morgan fingerprint density at radius 3 is 2.70 bits per heavy atom. The topological polar surface area (TPSA) is 59.4 Å². The van der Waals surface area contributed by atoms with Gasteiger partial charge in [0, 0.05) is 37.9 Å². The van der Waals surface area contributed by atoms with E-state index in [0.717, 1.165) is 25.2 Å². The summed E-state index contributed by atoms with van der Waals surface area (Å²) in [5.41, 5.74) is 0.693. The molecule has 23 heavy (non-hydrogen) atoms. The van der Waals surface area contributed by atoms with E-state index in [1.807, 2.05) is 33.3 Å². The van der Waals surface area contributed by atoms with Crippen molar-refractivity contribution in [3.63, 3.8) is 0 Å². The van der Waals surface area contributed by atoms with Crippen LogP contribution in [0.3, 0.4) is 0 Å². The van der Waals surface area contributed by atoms with Gasteiger partial charge in [-0.3, -0.25) is 0 Å². The molecule has 1 amide bonds. The highest BCUT2D eigenvalue weighted by molar-refractivity contribution is 5.67. The summed E-state index contributed by atoms with van der Waals surface area (Å²) in [4.78, 5) is 18.4. The van der Waals surface area contributed by atoms with Crippen LogP contribution in [-0.4, -0.2) is 52.3 Å². The molecule has 6 heteroatoms. The minimum absolute atomic E-state index is 0.364. The Hall–Kier alpha value is -1.56. The highest BCUT2D eigenvalue weighted by Gasteiger charge is 2.16. The minimum Gasteiger partial charge on any atom is -0.444 e. The Morgan fingerprint density at radius 1 is 1.26 bits per heavy atom. The molecular weight excluding hydrogens is 292 g/mol. The lowest BCUT2D eigenvalue weighted by molar-refractivity contribution is 0.0528. The molecule has 6 nitrogen and oxygen atoms in total. The number of nitrogens with one attached hydrogen (secondary N) is 1. The molecule has 2 heterocycles. The summed E-state index contributed by atoms with van der Waals surface area (Å²) in [6.45, 7) is 10.6. The van der Waals surface area contributed by atoms with Crippen LogP contribution in [-0.2, 0) is 17.7 Å². The van der Waals surface area contributed by atoms with Crippen LogP contribution in [0.25, 0.3) is 0 Å². The van der Waals surface area contributed by atoms with Gasteiger partial charge in [-0.1, -0.05) is 6.42 Å². The van der Waals surface area contributed by atoms with Crippen LogP contribution in [0.15, 0.2) is 12.5 Å². The molecule has 0 aromatic carbocycles. The fraction of sp³-hybridized carbons (Fsp3) is 0.765. The van der Waals surface area contributed by atoms with Crippen LogP contribution in [0.1, 0.15) is 45.7 Å². The highest BCUT2D eigenvalue weighted by atomic mass is 16.6. The molecule has 0 saturated carbocycles. The average molecular weight is 322 g/mol. The van der Waals surface area contributed by atoms with Crippen molar-refractivity contribution in [2.24, 2.45) is 0 Å². The number of ether oxygens (including phenoxy) is 1. The molecule has 0 spiro atoms. The first-order valence-corrected chi connectivity index (χ1v) is 8.62. The van der Waals surface area contributed by atoms with Gasteiger partial charge in [-0.15, -0.1) is 0 Å². The van der Waals surface area contributed by atoms with E-state index in [9.17, 15) is 4.79 Å². The smallest absolute Gasteiger partial charge is 0.407 e. The van der Waals surface area contributed by atoms with Gasteiger partial charge in [0.1, 0.15) is 5.60 Å². The first-order chi connectivity index (χ1) is 10.9. The zero-order valence-corrected chi connectivity index (χ0v) is 14.7. The lowest BCUT2D eigenvalue weighted by Crippen LogP contribution is -2.34. The van der Waals surface area contributed by atoms with E-state index in [2.05, 4.69) is 19.8 Å². The van der Waals surface area contributed by atoms with Crippen molar-refractivity contribution in [1.29, 1.82) is 0 Å². The summed E-state index contributed by atoms with van der Waals surface area (Å²) < 4.78 is 7.42. The van der Waals surface area contributed by atoms with Crippen LogP contribution in [0, 0.1) is 0 Å². The second-order valence-electron chi connectivity index (χ2n) is 7.16. The third-order valence-corrected chi connectivity index (χ3v) is 3.95. The average Bonchev–Trinajstić information content (AvgIpc) is 2.92. The zero-order valence-electron chi connectivity index (χ0n) is 14.7. The van der Waals surface area contributed by atoms with Crippen molar-refractivity contribution < 1.29 is 9.53 Å². The molecule has 1 fully saturated rings. The first kappa shape index (κ1) is 17.8. The van der Waals surface area contributed by atoms with E-state index in [4.69, 9.17) is 4.74 Å². The van der Waals surface area contributed by atoms with Gasteiger partial charge in [0.2, 0.25) is 0 Å². The molecule has 1 aliphatic heterocycles. The maximum Gasteiger partial charge on any atom is 0.407 e. The molecule has 2 rings (SSSR count). The summed E-state index contributed by atoms with van der Waals surface area (Å²) in [5.74, 6) is 0. The third-order valence-electron chi connectivity index (χ3n) is 3.95. The third kappa shape index (κ3) is 6.60. The van der Waals surface area contributed by atoms with Gasteiger partial charge in [0.15, 0.2) is 0 Å². The quantitative estimate of drug-likeness (QED) is 0.874. The van der Waals surface area contributed by atoms with E-state index in [-0.39, 0.29) is 6.09 Å². The first-order valence-electron chi connectivity index (χ1n) is 8.62. The molecule has 0 unspecified atom stereocenters. The molecular formula is C17H30N4O2. The van der Waals surface area contributed by atoms with Gasteiger partial charge >= 0.3 is 6.09 Å². The number of carbonyl (C=O) groups excluding carboxylic acids is 1. The number of aromatic nitrogens is 2. The summed E-state index contributed by atoms with van der Waals surface area (Å²) >= 11 is 0. The number of piperidine rings is 1. The van der Waals surface area contributed by atoms with Crippen LogP contribution >= 0.6 is 0 Å². The molecule has 1 aromatic heterocycles. The largest absolute Gasteiger partial charge is 0.444 e. The number of alkyl carbamates (subject to hydrolysis) is 1. The molecule has 1 N–H and O–H groups in total. The zero-order chi connectivity index (χ0) is 16.7. The number of carbonyl (C=O) groups is 1. The molecule has 1 aliphatic rings. The van der Waals surface area contributed by atoms with Gasteiger partial charge < -0.3 is 19.5 Å². The Morgan fingerprint density at radius 2 is 2.00 bits per heavy atom. The van der Waals surface area contributed by atoms with Crippen molar-refractivity contribution in [2.75, 3.05) is 26.2 Å². The Balaban J connectivity index is 1.71. The molecule has 0 bridgehead atoms. The fourth-order valence-corrected chi connectivity index (χ4v) is 2.80. The van der Waals surface area contributed by atoms with Gasteiger partial charge in [0.25, 0.3) is 0 Å². The minimum atomic E-state index is -0.458. The van der Waals surface area contributed by atoms with Crippen LogP contribution < -0.4 is 5.32 Å². The summed E-state index contributed by atoms with van der Waals surface area (Å²) in [7, 11) is 0.